The first kappa shape index (κ1) is 24.2. The number of esters is 1. The molecule has 8 heteroatoms. The van der Waals surface area contributed by atoms with Gasteiger partial charge in [-0.3, -0.25) is 9.59 Å². The molecule has 1 unspecified atom stereocenters. The van der Waals surface area contributed by atoms with Crippen LogP contribution in [0.15, 0.2) is 22.5 Å². The quantitative estimate of drug-likeness (QED) is 0.516. The number of carbonyl (C=O) groups is 4. The summed E-state index contributed by atoms with van der Waals surface area (Å²) in [4.78, 5) is 50.2. The van der Waals surface area contributed by atoms with E-state index in [0.29, 0.717) is 24.8 Å². The van der Waals surface area contributed by atoms with Crippen LogP contribution in [0.1, 0.15) is 72.1 Å². The molecule has 0 spiro atoms. The molecule has 0 aromatic rings. The van der Waals surface area contributed by atoms with Crippen molar-refractivity contribution >= 4 is 23.7 Å². The average molecular weight is 487 g/mol. The van der Waals surface area contributed by atoms with Crippen molar-refractivity contribution in [3.8, 4) is 0 Å². The van der Waals surface area contributed by atoms with Crippen molar-refractivity contribution < 1.29 is 39.2 Å². The highest BCUT2D eigenvalue weighted by atomic mass is 16.5. The molecule has 4 fully saturated rings. The number of rotatable bonds is 3. The van der Waals surface area contributed by atoms with Gasteiger partial charge in [-0.15, -0.1) is 0 Å². The lowest BCUT2D eigenvalue weighted by atomic mass is 9.44. The molecular weight excluding hydrogens is 452 g/mol. The second-order valence-corrected chi connectivity index (χ2v) is 11.9. The lowest BCUT2D eigenvalue weighted by Gasteiger charge is -2.59. The Hall–Kier alpha value is -2.48. The minimum absolute atomic E-state index is 0.0112. The van der Waals surface area contributed by atoms with Gasteiger partial charge in [0.25, 0.3) is 0 Å². The summed E-state index contributed by atoms with van der Waals surface area (Å²) in [5.74, 6) is -3.32. The van der Waals surface area contributed by atoms with Gasteiger partial charge in [-0.05, 0) is 67.3 Å². The summed E-state index contributed by atoms with van der Waals surface area (Å²) < 4.78 is 5.53. The highest BCUT2D eigenvalue weighted by Gasteiger charge is 2.65. The van der Waals surface area contributed by atoms with Gasteiger partial charge in [0, 0.05) is 37.0 Å². The number of Topliss-reactive ketones (excluding diaryl/α,β-unsaturated/α-hetero) is 1. The molecule has 0 heterocycles. The van der Waals surface area contributed by atoms with Crippen LogP contribution in [0.3, 0.4) is 0 Å². The molecule has 3 N–H and O–H groups in total. The van der Waals surface area contributed by atoms with E-state index in [1.807, 2.05) is 6.92 Å². The summed E-state index contributed by atoms with van der Waals surface area (Å²) in [6.07, 6.45) is 4.01. The Kier molecular flexibility index (Phi) is 5.55. The molecule has 0 saturated heterocycles. The third-order valence-corrected chi connectivity index (χ3v) is 10.2. The third kappa shape index (κ3) is 3.43. The van der Waals surface area contributed by atoms with Gasteiger partial charge in [-0.1, -0.05) is 13.8 Å². The summed E-state index contributed by atoms with van der Waals surface area (Å²) >= 11 is 0. The van der Waals surface area contributed by atoms with Crippen LogP contribution in [0.4, 0.5) is 0 Å². The fraction of sp³-hybridized carbons (Fsp3) is 0.704. The first-order valence-electron chi connectivity index (χ1n) is 12.7. The maximum absolute atomic E-state index is 13.9. The molecule has 0 bridgehead atoms. The summed E-state index contributed by atoms with van der Waals surface area (Å²) in [6, 6.07) is 0. The van der Waals surface area contributed by atoms with E-state index in [2.05, 4.69) is 6.92 Å². The maximum atomic E-state index is 13.9. The van der Waals surface area contributed by atoms with Gasteiger partial charge < -0.3 is 20.1 Å². The molecule has 8 atom stereocenters. The molecule has 4 saturated carbocycles. The van der Waals surface area contributed by atoms with E-state index in [-0.39, 0.29) is 70.7 Å². The number of hydrogen-bond acceptors (Lipinski definition) is 6. The Morgan fingerprint density at radius 2 is 1.74 bits per heavy atom. The maximum Gasteiger partial charge on any atom is 0.332 e. The number of carboxylic acids is 2. The van der Waals surface area contributed by atoms with Gasteiger partial charge in [0.2, 0.25) is 0 Å². The van der Waals surface area contributed by atoms with Gasteiger partial charge in [0.1, 0.15) is 11.5 Å². The SMILES string of the molecule is CC(=O)OC1=C2C(C[C@H]3[C@@H]4CC[C@@H]5C[C@H](O)CC[C@]5(C)[C@H]4C(=O)C[C@]23C)C(C(=O)O)=C(C(=O)O)C1. The van der Waals surface area contributed by atoms with Gasteiger partial charge in [-0.25, -0.2) is 9.59 Å². The Bertz CT molecular complexity index is 1080. The Morgan fingerprint density at radius 3 is 2.37 bits per heavy atom. The Balaban J connectivity index is 1.62. The van der Waals surface area contributed by atoms with Crippen molar-refractivity contribution in [2.24, 2.45) is 40.4 Å². The van der Waals surface area contributed by atoms with Crippen molar-refractivity contribution in [1.82, 2.24) is 0 Å². The number of ether oxygens (including phenoxy) is 1. The van der Waals surface area contributed by atoms with Crippen LogP contribution >= 0.6 is 0 Å². The number of aliphatic carboxylic acids is 2. The number of aliphatic hydroxyl groups excluding tert-OH is 1. The largest absolute Gasteiger partial charge is 0.478 e. The smallest absolute Gasteiger partial charge is 0.332 e. The van der Waals surface area contributed by atoms with Gasteiger partial charge in [0.05, 0.1) is 17.3 Å². The van der Waals surface area contributed by atoms with Gasteiger partial charge in [-0.2, -0.15) is 0 Å². The van der Waals surface area contributed by atoms with Crippen molar-refractivity contribution in [3.63, 3.8) is 0 Å². The predicted octanol–water partition coefficient (Wildman–Crippen LogP) is 3.48. The van der Waals surface area contributed by atoms with Crippen molar-refractivity contribution in [2.75, 3.05) is 0 Å². The molecule has 0 aromatic carbocycles. The summed E-state index contributed by atoms with van der Waals surface area (Å²) in [5, 5.41) is 30.1. The minimum atomic E-state index is -1.33. The Labute approximate surface area is 204 Å². The Morgan fingerprint density at radius 1 is 1.03 bits per heavy atom. The zero-order valence-corrected chi connectivity index (χ0v) is 20.5. The summed E-state index contributed by atoms with van der Waals surface area (Å²) in [5.41, 5.74) is -0.624. The molecule has 0 radical (unpaired) electrons. The molecule has 190 valence electrons. The molecule has 0 aliphatic heterocycles. The first-order chi connectivity index (χ1) is 16.4. The fourth-order valence-corrected chi connectivity index (χ4v) is 8.99. The van der Waals surface area contributed by atoms with E-state index < -0.39 is 29.2 Å². The van der Waals surface area contributed by atoms with E-state index in [1.54, 1.807) is 0 Å². The zero-order chi connectivity index (χ0) is 25.4. The number of carboxylic acid groups (broad SMARTS) is 2. The van der Waals surface area contributed by atoms with Gasteiger partial charge >= 0.3 is 17.9 Å². The van der Waals surface area contributed by atoms with Crippen molar-refractivity contribution in [3.05, 3.63) is 22.5 Å². The van der Waals surface area contributed by atoms with E-state index in [9.17, 15) is 34.5 Å². The molecule has 0 aromatic heterocycles. The van der Waals surface area contributed by atoms with E-state index in [1.165, 1.54) is 6.92 Å². The predicted molar refractivity (Wildman–Crippen MR) is 123 cm³/mol. The lowest BCUT2D eigenvalue weighted by Crippen LogP contribution is -2.57. The number of ketones is 1. The third-order valence-electron chi connectivity index (χ3n) is 10.2. The van der Waals surface area contributed by atoms with E-state index in [4.69, 9.17) is 4.74 Å². The van der Waals surface area contributed by atoms with E-state index >= 15 is 0 Å². The average Bonchev–Trinajstić information content (AvgIpc) is 3.05. The topological polar surface area (TPSA) is 138 Å². The molecule has 5 rings (SSSR count). The number of hydrogen-bond donors (Lipinski definition) is 3. The summed E-state index contributed by atoms with van der Waals surface area (Å²) in [6.45, 7) is 5.42. The van der Waals surface area contributed by atoms with Crippen molar-refractivity contribution in [2.45, 2.75) is 78.2 Å². The standard InChI is InChI=1S/C27H34O8/c1-12(28)35-20-10-17(24(31)32)21(25(33)34)16-9-18-15-5-4-13-8-14(29)6-7-26(13,2)22(15)19(30)11-27(18,3)23(16)20/h13-16,18,22,29H,4-11H2,1-3H3,(H,31,32)(H,33,34)/t13-,14-,15+,16?,18+,22-,26+,27+/m1/s1. The number of allylic oxidation sites excluding steroid dienone is 2. The van der Waals surface area contributed by atoms with Gasteiger partial charge in [0.15, 0.2) is 0 Å². The normalized spacial score (nSPS) is 42.6. The van der Waals surface area contributed by atoms with Crippen molar-refractivity contribution in [1.29, 1.82) is 0 Å². The van der Waals surface area contributed by atoms with Crippen LogP contribution in [-0.4, -0.2) is 45.1 Å². The molecule has 0 amide bonds. The summed E-state index contributed by atoms with van der Waals surface area (Å²) in [7, 11) is 0. The molecule has 8 nitrogen and oxygen atoms in total. The van der Waals surface area contributed by atoms with Crippen LogP contribution in [0, 0.1) is 40.4 Å². The first-order valence-corrected chi connectivity index (χ1v) is 12.7. The molecule has 5 aliphatic rings. The van der Waals surface area contributed by atoms with Crippen LogP contribution in [0.5, 0.6) is 0 Å². The molecular formula is C27H34O8. The van der Waals surface area contributed by atoms with Crippen LogP contribution in [0.2, 0.25) is 0 Å². The monoisotopic (exact) mass is 486 g/mol. The molecule has 5 aliphatic carbocycles. The number of carbonyl (C=O) groups excluding carboxylic acids is 2. The zero-order valence-electron chi connectivity index (χ0n) is 20.5. The highest BCUT2D eigenvalue weighted by Crippen LogP contribution is 2.69. The van der Waals surface area contributed by atoms with Crippen LogP contribution in [0.25, 0.3) is 0 Å². The lowest BCUT2D eigenvalue weighted by molar-refractivity contribution is -0.157. The second-order valence-electron chi connectivity index (χ2n) is 11.9. The fourth-order valence-electron chi connectivity index (χ4n) is 8.99. The minimum Gasteiger partial charge on any atom is -0.478 e. The van der Waals surface area contributed by atoms with E-state index in [0.717, 1.165) is 19.3 Å². The van der Waals surface area contributed by atoms with Crippen LogP contribution < -0.4 is 0 Å². The van der Waals surface area contributed by atoms with Crippen LogP contribution in [-0.2, 0) is 23.9 Å². The second kappa shape index (κ2) is 8.02. The number of aliphatic hydroxyl groups is 1. The highest BCUT2D eigenvalue weighted by molar-refractivity contribution is 6.01. The number of fused-ring (bicyclic) bond motifs is 7. The molecule has 35 heavy (non-hydrogen) atoms.